The van der Waals surface area contributed by atoms with Crippen molar-refractivity contribution in [1.29, 1.82) is 0 Å². The van der Waals surface area contributed by atoms with Crippen molar-refractivity contribution in [3.63, 3.8) is 0 Å². The van der Waals surface area contributed by atoms with Crippen LogP contribution in [0.1, 0.15) is 35.2 Å². The maximum atomic E-state index is 14.5. The topological polar surface area (TPSA) is 81.8 Å². The second kappa shape index (κ2) is 5.51. The Labute approximate surface area is 149 Å². The molecule has 0 aliphatic carbocycles. The Hall–Kier alpha value is -2.48. The monoisotopic (exact) mass is 358 g/mol. The van der Waals surface area contributed by atoms with Gasteiger partial charge in [0.05, 0.1) is 5.56 Å². The highest BCUT2D eigenvalue weighted by Crippen LogP contribution is 2.39. The quantitative estimate of drug-likeness (QED) is 0.735. The van der Waals surface area contributed by atoms with E-state index in [-0.39, 0.29) is 30.9 Å². The summed E-state index contributed by atoms with van der Waals surface area (Å²) in [6, 6.07) is 3.16. The van der Waals surface area contributed by atoms with E-state index in [2.05, 4.69) is 15.5 Å². The van der Waals surface area contributed by atoms with Crippen molar-refractivity contribution < 1.29 is 18.8 Å². The van der Waals surface area contributed by atoms with E-state index in [1.165, 1.54) is 11.0 Å². The molecule has 3 saturated heterocycles. The molecule has 3 unspecified atom stereocenters. The summed E-state index contributed by atoms with van der Waals surface area (Å²) < 4.78 is 14.5. The average Bonchev–Trinajstić information content (AvgIpc) is 3.30. The van der Waals surface area contributed by atoms with Gasteiger partial charge in [-0.15, -0.1) is 0 Å². The summed E-state index contributed by atoms with van der Waals surface area (Å²) in [7, 11) is 0. The molecule has 0 aromatic heterocycles. The lowest BCUT2D eigenvalue weighted by atomic mass is 10.0. The molecule has 0 spiro atoms. The Morgan fingerprint density at radius 1 is 1.15 bits per heavy atom. The fourth-order valence-electron chi connectivity index (χ4n) is 4.74. The maximum absolute atomic E-state index is 14.5. The highest BCUT2D eigenvalue weighted by Gasteiger charge is 2.44. The van der Waals surface area contributed by atoms with Crippen molar-refractivity contribution in [2.24, 2.45) is 0 Å². The number of anilines is 1. The predicted octanol–water partition coefficient (Wildman–Crippen LogP) is 0.137. The zero-order valence-corrected chi connectivity index (χ0v) is 14.1. The fraction of sp³-hybridized carbons (Fsp3) is 0.500. The molecule has 2 N–H and O–H groups in total. The van der Waals surface area contributed by atoms with Crippen LogP contribution in [0.25, 0.3) is 0 Å². The number of halogens is 1. The number of carbonyl (C=O) groups excluding carboxylic acids is 3. The molecule has 0 saturated carbocycles. The summed E-state index contributed by atoms with van der Waals surface area (Å²) in [4.78, 5) is 40.1. The SMILES string of the molecule is O=C1CCC(N2Cc3c(N4CC5CC4CN5)ccc(F)c3C2=O)C(=O)N1. The first-order chi connectivity index (χ1) is 12.5. The molecule has 26 heavy (non-hydrogen) atoms. The number of piperidine rings is 1. The maximum Gasteiger partial charge on any atom is 0.258 e. The summed E-state index contributed by atoms with van der Waals surface area (Å²) in [5.74, 6) is -1.82. The van der Waals surface area contributed by atoms with Gasteiger partial charge in [0.2, 0.25) is 11.8 Å². The van der Waals surface area contributed by atoms with E-state index in [9.17, 15) is 18.8 Å². The van der Waals surface area contributed by atoms with Crippen molar-refractivity contribution in [1.82, 2.24) is 15.5 Å². The Morgan fingerprint density at radius 2 is 2.00 bits per heavy atom. The standard InChI is InChI=1S/C18H19FN4O3/c19-12-1-2-13(22-7-9-5-10(22)6-20-9)11-8-23(18(26)16(11)12)14-3-4-15(24)21-17(14)25/h1-2,9-10,14,20H,3-8H2,(H,21,24,25). The molecule has 3 fully saturated rings. The summed E-state index contributed by atoms with van der Waals surface area (Å²) >= 11 is 0. The van der Waals surface area contributed by atoms with Crippen molar-refractivity contribution >= 4 is 23.4 Å². The van der Waals surface area contributed by atoms with Gasteiger partial charge in [-0.2, -0.15) is 0 Å². The van der Waals surface area contributed by atoms with Crippen LogP contribution in [0.5, 0.6) is 0 Å². The van der Waals surface area contributed by atoms with Crippen LogP contribution in [0.3, 0.4) is 0 Å². The van der Waals surface area contributed by atoms with E-state index in [0.717, 1.165) is 25.2 Å². The largest absolute Gasteiger partial charge is 0.365 e. The number of benzene rings is 1. The summed E-state index contributed by atoms with van der Waals surface area (Å²) in [6.45, 7) is 1.94. The summed E-state index contributed by atoms with van der Waals surface area (Å²) in [6.07, 6.45) is 1.52. The molecule has 4 aliphatic heterocycles. The molecule has 4 aliphatic rings. The van der Waals surface area contributed by atoms with Crippen LogP contribution < -0.4 is 15.5 Å². The third-order valence-electron chi connectivity index (χ3n) is 5.99. The first-order valence-electron chi connectivity index (χ1n) is 8.99. The van der Waals surface area contributed by atoms with Crippen LogP contribution in [0, 0.1) is 5.82 Å². The number of nitrogens with one attached hydrogen (secondary N) is 2. The fourth-order valence-corrected chi connectivity index (χ4v) is 4.74. The number of carbonyl (C=O) groups is 3. The van der Waals surface area contributed by atoms with E-state index in [4.69, 9.17) is 0 Å². The zero-order chi connectivity index (χ0) is 18.0. The Bertz CT molecular complexity index is 842. The molecule has 7 nitrogen and oxygen atoms in total. The first-order valence-corrected chi connectivity index (χ1v) is 8.99. The lowest BCUT2D eigenvalue weighted by molar-refractivity contribution is -0.136. The van der Waals surface area contributed by atoms with Crippen LogP contribution in [0.15, 0.2) is 12.1 Å². The molecule has 3 atom stereocenters. The molecule has 8 heteroatoms. The van der Waals surface area contributed by atoms with Crippen molar-refractivity contribution in [2.75, 3.05) is 18.0 Å². The van der Waals surface area contributed by atoms with Crippen molar-refractivity contribution in [3.8, 4) is 0 Å². The molecule has 1 aromatic carbocycles. The van der Waals surface area contributed by atoms with Crippen LogP contribution >= 0.6 is 0 Å². The minimum atomic E-state index is -0.725. The second-order valence-electron chi connectivity index (χ2n) is 7.47. The van der Waals surface area contributed by atoms with Crippen molar-refractivity contribution in [3.05, 3.63) is 29.1 Å². The number of rotatable bonds is 2. The Kier molecular flexibility index (Phi) is 3.34. The van der Waals surface area contributed by atoms with Crippen LogP contribution in [0.4, 0.5) is 10.1 Å². The molecule has 4 heterocycles. The number of nitrogens with zero attached hydrogens (tertiary/aromatic N) is 2. The number of amides is 3. The van der Waals surface area contributed by atoms with Gasteiger partial charge in [-0.3, -0.25) is 19.7 Å². The number of hydrogen-bond donors (Lipinski definition) is 2. The summed E-state index contributed by atoms with van der Waals surface area (Å²) in [5, 5.41) is 5.71. The highest BCUT2D eigenvalue weighted by molar-refractivity contribution is 6.06. The van der Waals surface area contributed by atoms with E-state index in [1.54, 1.807) is 6.07 Å². The Morgan fingerprint density at radius 3 is 2.69 bits per heavy atom. The van der Waals surface area contributed by atoms with Gasteiger partial charge in [0, 0.05) is 49.4 Å². The van der Waals surface area contributed by atoms with Gasteiger partial charge in [-0.1, -0.05) is 0 Å². The second-order valence-corrected chi connectivity index (χ2v) is 7.47. The van der Waals surface area contributed by atoms with E-state index >= 15 is 0 Å². The molecule has 136 valence electrons. The minimum absolute atomic E-state index is 0.0722. The summed E-state index contributed by atoms with van der Waals surface area (Å²) in [5.41, 5.74) is 1.62. The predicted molar refractivity (Wildman–Crippen MR) is 90.0 cm³/mol. The van der Waals surface area contributed by atoms with Gasteiger partial charge in [0.25, 0.3) is 5.91 Å². The third-order valence-corrected chi connectivity index (χ3v) is 5.99. The first kappa shape index (κ1) is 15.7. The van der Waals surface area contributed by atoms with E-state index < -0.39 is 23.7 Å². The van der Waals surface area contributed by atoms with E-state index in [1.807, 2.05) is 0 Å². The van der Waals surface area contributed by atoms with Crippen LogP contribution in [-0.4, -0.2) is 53.8 Å². The van der Waals surface area contributed by atoms with Gasteiger partial charge in [-0.25, -0.2) is 4.39 Å². The molecular formula is C18H19FN4O3. The number of fused-ring (bicyclic) bond motifs is 3. The molecule has 0 radical (unpaired) electrons. The Balaban J connectivity index is 1.50. The number of imide groups is 1. The van der Waals surface area contributed by atoms with Crippen LogP contribution in [0.2, 0.25) is 0 Å². The molecule has 2 bridgehead atoms. The number of piperazine rings is 1. The lowest BCUT2D eigenvalue weighted by Crippen LogP contribution is -2.52. The van der Waals surface area contributed by atoms with Crippen LogP contribution in [-0.2, 0) is 16.1 Å². The van der Waals surface area contributed by atoms with Gasteiger partial charge in [-0.05, 0) is 25.0 Å². The molecular weight excluding hydrogens is 339 g/mol. The molecule has 1 aromatic rings. The van der Waals surface area contributed by atoms with Gasteiger partial charge in [0.1, 0.15) is 11.9 Å². The normalized spacial score (nSPS) is 30.2. The van der Waals surface area contributed by atoms with Crippen molar-refractivity contribution in [2.45, 2.75) is 43.9 Å². The smallest absolute Gasteiger partial charge is 0.258 e. The van der Waals surface area contributed by atoms with E-state index in [0.29, 0.717) is 17.6 Å². The van der Waals surface area contributed by atoms with Gasteiger partial charge in [0.15, 0.2) is 0 Å². The van der Waals surface area contributed by atoms with Gasteiger partial charge < -0.3 is 15.1 Å². The zero-order valence-electron chi connectivity index (χ0n) is 14.1. The van der Waals surface area contributed by atoms with Gasteiger partial charge >= 0.3 is 0 Å². The minimum Gasteiger partial charge on any atom is -0.365 e. The highest BCUT2D eigenvalue weighted by atomic mass is 19.1. The third kappa shape index (κ3) is 2.18. The average molecular weight is 358 g/mol. The lowest BCUT2D eigenvalue weighted by Gasteiger charge is -2.32. The molecule has 3 amide bonds. The molecule has 5 rings (SSSR count). The number of hydrogen-bond acceptors (Lipinski definition) is 5.